The largest absolute Gasteiger partial charge is 0.449 e. The number of hydrogen-bond acceptors (Lipinski definition) is 5. The van der Waals surface area contributed by atoms with Crippen LogP contribution in [-0.4, -0.2) is 24.2 Å². The van der Waals surface area contributed by atoms with Gasteiger partial charge in [-0.2, -0.15) is 0 Å². The van der Waals surface area contributed by atoms with Crippen molar-refractivity contribution in [2.24, 2.45) is 0 Å². The van der Waals surface area contributed by atoms with Crippen LogP contribution in [0.1, 0.15) is 17.4 Å². The molecule has 2 heterocycles. The third-order valence-corrected chi connectivity index (χ3v) is 4.57. The van der Waals surface area contributed by atoms with Gasteiger partial charge >= 0.3 is 6.09 Å². The number of carbonyl (C=O) groups excluding carboxylic acids is 1. The van der Waals surface area contributed by atoms with E-state index in [1.807, 2.05) is 19.1 Å². The van der Waals surface area contributed by atoms with Gasteiger partial charge in [-0.3, -0.25) is 4.90 Å². The molecule has 0 atom stereocenters. The van der Waals surface area contributed by atoms with Gasteiger partial charge in [-0.25, -0.2) is 9.78 Å². The van der Waals surface area contributed by atoms with Crippen LogP contribution >= 0.6 is 22.9 Å². The molecule has 0 saturated carbocycles. The van der Waals surface area contributed by atoms with Crippen molar-refractivity contribution >= 4 is 40.4 Å². The molecule has 1 aliphatic rings. The Hall–Kier alpha value is -1.79. The van der Waals surface area contributed by atoms with Crippen LogP contribution in [0.25, 0.3) is 0 Å². The first-order valence-electron chi connectivity index (χ1n) is 7.08. The highest BCUT2D eigenvalue weighted by atomic mass is 35.5. The van der Waals surface area contributed by atoms with Crippen molar-refractivity contribution in [2.75, 3.05) is 23.4 Å². The standard InChI is InChI=1S/C15H16ClN3O2S/c1-2-21-15(20)19-6-5-10-7-11(3-4-13(10)19)17-8-12-9-18-14(16)22-12/h3-4,7,9,17H,2,5-6,8H2,1H3. The van der Waals surface area contributed by atoms with E-state index in [2.05, 4.69) is 16.4 Å². The topological polar surface area (TPSA) is 54.5 Å². The molecule has 0 bridgehead atoms. The number of halogens is 1. The van der Waals surface area contributed by atoms with E-state index in [0.717, 1.165) is 28.2 Å². The highest BCUT2D eigenvalue weighted by Gasteiger charge is 2.25. The summed E-state index contributed by atoms with van der Waals surface area (Å²) in [6.45, 7) is 3.56. The highest BCUT2D eigenvalue weighted by molar-refractivity contribution is 7.15. The molecule has 116 valence electrons. The molecule has 0 spiro atoms. The van der Waals surface area contributed by atoms with Gasteiger partial charge < -0.3 is 10.1 Å². The van der Waals surface area contributed by atoms with E-state index in [4.69, 9.17) is 16.3 Å². The van der Waals surface area contributed by atoms with Gasteiger partial charge in [0, 0.05) is 23.3 Å². The SMILES string of the molecule is CCOC(=O)N1CCc2cc(NCc3cnc(Cl)s3)ccc21. The molecule has 0 saturated heterocycles. The van der Waals surface area contributed by atoms with Gasteiger partial charge in [-0.15, -0.1) is 11.3 Å². The highest BCUT2D eigenvalue weighted by Crippen LogP contribution is 2.31. The maximum Gasteiger partial charge on any atom is 0.414 e. The van der Waals surface area contributed by atoms with Gasteiger partial charge in [-0.05, 0) is 37.1 Å². The van der Waals surface area contributed by atoms with E-state index >= 15 is 0 Å². The smallest absolute Gasteiger partial charge is 0.414 e. The van der Waals surface area contributed by atoms with Crippen molar-refractivity contribution in [3.05, 3.63) is 39.3 Å². The lowest BCUT2D eigenvalue weighted by molar-refractivity contribution is 0.160. The van der Waals surface area contributed by atoms with Gasteiger partial charge in [0.1, 0.15) is 0 Å². The van der Waals surface area contributed by atoms with Crippen LogP contribution < -0.4 is 10.2 Å². The predicted octanol–water partition coefficient (Wildman–Crippen LogP) is 3.93. The second kappa shape index (κ2) is 6.54. The third-order valence-electron chi connectivity index (χ3n) is 3.46. The average Bonchev–Trinajstić information content (AvgIpc) is 3.11. The number of fused-ring (bicyclic) bond motifs is 1. The number of ether oxygens (including phenoxy) is 1. The zero-order valence-corrected chi connectivity index (χ0v) is 13.7. The Bertz CT molecular complexity index is 689. The second-order valence-electron chi connectivity index (χ2n) is 4.88. The van der Waals surface area contributed by atoms with Crippen molar-refractivity contribution in [1.29, 1.82) is 0 Å². The number of anilines is 2. The Morgan fingerprint density at radius 3 is 3.14 bits per heavy atom. The first-order valence-corrected chi connectivity index (χ1v) is 8.28. The quantitative estimate of drug-likeness (QED) is 0.918. The molecule has 7 heteroatoms. The summed E-state index contributed by atoms with van der Waals surface area (Å²) in [5, 5.41) is 3.35. The van der Waals surface area contributed by atoms with Crippen LogP contribution in [0, 0.1) is 0 Å². The molecule has 1 amide bonds. The number of nitrogens with zero attached hydrogens (tertiary/aromatic N) is 2. The van der Waals surface area contributed by atoms with Crippen molar-refractivity contribution in [3.63, 3.8) is 0 Å². The number of benzene rings is 1. The van der Waals surface area contributed by atoms with Gasteiger partial charge in [0.15, 0.2) is 4.47 Å². The number of amides is 1. The van der Waals surface area contributed by atoms with Crippen LogP contribution in [0.15, 0.2) is 24.4 Å². The van der Waals surface area contributed by atoms with E-state index < -0.39 is 0 Å². The average molecular weight is 338 g/mol. The zero-order chi connectivity index (χ0) is 15.5. The summed E-state index contributed by atoms with van der Waals surface area (Å²) >= 11 is 7.29. The molecule has 22 heavy (non-hydrogen) atoms. The molecule has 0 aliphatic carbocycles. The fraction of sp³-hybridized carbons (Fsp3) is 0.333. The number of hydrogen-bond donors (Lipinski definition) is 1. The summed E-state index contributed by atoms with van der Waals surface area (Å²) in [7, 11) is 0. The lowest BCUT2D eigenvalue weighted by Crippen LogP contribution is -2.29. The molecule has 3 rings (SSSR count). The lowest BCUT2D eigenvalue weighted by atomic mass is 10.1. The summed E-state index contributed by atoms with van der Waals surface area (Å²) in [5.74, 6) is 0. The van der Waals surface area contributed by atoms with Crippen molar-refractivity contribution in [3.8, 4) is 0 Å². The minimum absolute atomic E-state index is 0.277. The van der Waals surface area contributed by atoms with Crippen LogP contribution in [0.3, 0.4) is 0 Å². The van der Waals surface area contributed by atoms with E-state index in [9.17, 15) is 4.79 Å². The predicted molar refractivity (Wildman–Crippen MR) is 89.0 cm³/mol. The van der Waals surface area contributed by atoms with Crippen LogP contribution in [0.2, 0.25) is 4.47 Å². The molecule has 1 N–H and O–H groups in total. The summed E-state index contributed by atoms with van der Waals surface area (Å²) < 4.78 is 5.63. The molecule has 1 aromatic carbocycles. The Kier molecular flexibility index (Phi) is 4.49. The third kappa shape index (κ3) is 3.18. The summed E-state index contributed by atoms with van der Waals surface area (Å²) in [6, 6.07) is 6.01. The van der Waals surface area contributed by atoms with Crippen LogP contribution in [-0.2, 0) is 17.7 Å². The Labute approximate surface area is 137 Å². The van der Waals surface area contributed by atoms with E-state index in [-0.39, 0.29) is 6.09 Å². The minimum Gasteiger partial charge on any atom is -0.449 e. The van der Waals surface area contributed by atoms with Gasteiger partial charge in [0.25, 0.3) is 0 Å². The summed E-state index contributed by atoms with van der Waals surface area (Å²) in [6.07, 6.45) is 2.34. The second-order valence-corrected chi connectivity index (χ2v) is 6.57. The Balaban J connectivity index is 1.68. The molecule has 2 aromatic rings. The minimum atomic E-state index is -0.277. The molecule has 5 nitrogen and oxygen atoms in total. The maximum atomic E-state index is 11.9. The van der Waals surface area contributed by atoms with Gasteiger partial charge in [-0.1, -0.05) is 11.6 Å². The van der Waals surface area contributed by atoms with E-state index in [1.165, 1.54) is 11.3 Å². The normalized spacial score (nSPS) is 13.1. The number of aromatic nitrogens is 1. The number of carbonyl (C=O) groups is 1. The fourth-order valence-electron chi connectivity index (χ4n) is 2.46. The number of nitrogens with one attached hydrogen (secondary N) is 1. The zero-order valence-electron chi connectivity index (χ0n) is 12.1. The van der Waals surface area contributed by atoms with E-state index in [0.29, 0.717) is 24.2 Å². The molecular formula is C15H16ClN3O2S. The Morgan fingerprint density at radius 1 is 1.55 bits per heavy atom. The fourth-order valence-corrected chi connectivity index (χ4v) is 3.37. The van der Waals surface area contributed by atoms with E-state index in [1.54, 1.807) is 11.1 Å². The summed E-state index contributed by atoms with van der Waals surface area (Å²) in [5.41, 5.74) is 3.11. The maximum absolute atomic E-state index is 11.9. The molecule has 0 radical (unpaired) electrons. The molecule has 0 unspecified atom stereocenters. The molecule has 0 fully saturated rings. The van der Waals surface area contributed by atoms with Crippen LogP contribution in [0.4, 0.5) is 16.2 Å². The van der Waals surface area contributed by atoms with Gasteiger partial charge in [0.2, 0.25) is 0 Å². The monoisotopic (exact) mass is 337 g/mol. The van der Waals surface area contributed by atoms with Crippen LogP contribution in [0.5, 0.6) is 0 Å². The number of thiazole rings is 1. The number of rotatable bonds is 4. The summed E-state index contributed by atoms with van der Waals surface area (Å²) in [4.78, 5) is 18.7. The molecule has 1 aliphatic heterocycles. The van der Waals surface area contributed by atoms with Crippen molar-refractivity contribution in [1.82, 2.24) is 4.98 Å². The van der Waals surface area contributed by atoms with Crippen molar-refractivity contribution in [2.45, 2.75) is 19.9 Å². The first-order chi connectivity index (χ1) is 10.7. The van der Waals surface area contributed by atoms with Crippen molar-refractivity contribution < 1.29 is 9.53 Å². The van der Waals surface area contributed by atoms with Gasteiger partial charge in [0.05, 0.1) is 18.8 Å². The lowest BCUT2D eigenvalue weighted by Gasteiger charge is -2.16. The molecular weight excluding hydrogens is 322 g/mol. The first kappa shape index (κ1) is 15.1. The molecule has 1 aromatic heterocycles. The Morgan fingerprint density at radius 2 is 2.41 bits per heavy atom.